The third kappa shape index (κ3) is 2.67. The highest BCUT2D eigenvalue weighted by molar-refractivity contribution is 6.30. The van der Waals surface area contributed by atoms with Crippen LogP contribution in [0.4, 0.5) is 10.2 Å². The summed E-state index contributed by atoms with van der Waals surface area (Å²) in [6, 6.07) is 6.76. The number of pyridine rings is 2. The molecule has 0 spiro atoms. The summed E-state index contributed by atoms with van der Waals surface area (Å²) in [5.41, 5.74) is 0.818. The Bertz CT molecular complexity index is 476. The maximum Gasteiger partial charge on any atom is 0.166 e. The Labute approximate surface area is 97.3 Å². The standard InChI is InChI=1S/C11H9ClFN3/c12-8-5-10(13)11(15-6-8)16-7-9-3-1-2-4-14-9/h1-6H,7H2,(H,15,16). The van der Waals surface area contributed by atoms with Crippen LogP contribution in [-0.2, 0) is 6.54 Å². The van der Waals surface area contributed by atoms with Crippen molar-refractivity contribution in [3.63, 3.8) is 0 Å². The van der Waals surface area contributed by atoms with E-state index in [0.717, 1.165) is 5.69 Å². The second kappa shape index (κ2) is 4.90. The Morgan fingerprint density at radius 3 is 2.88 bits per heavy atom. The average molecular weight is 238 g/mol. The van der Waals surface area contributed by atoms with E-state index in [9.17, 15) is 4.39 Å². The number of nitrogens with zero attached hydrogens (tertiary/aromatic N) is 2. The monoisotopic (exact) mass is 237 g/mol. The van der Waals surface area contributed by atoms with E-state index in [1.54, 1.807) is 6.20 Å². The first-order valence-corrected chi connectivity index (χ1v) is 5.08. The SMILES string of the molecule is Fc1cc(Cl)cnc1NCc1ccccn1. The van der Waals surface area contributed by atoms with Gasteiger partial charge in [0.25, 0.3) is 0 Å². The summed E-state index contributed by atoms with van der Waals surface area (Å²) >= 11 is 5.59. The van der Waals surface area contributed by atoms with Gasteiger partial charge in [-0.25, -0.2) is 9.37 Å². The second-order valence-electron chi connectivity index (χ2n) is 3.16. The minimum absolute atomic E-state index is 0.176. The molecule has 0 fully saturated rings. The molecule has 0 aliphatic rings. The maximum atomic E-state index is 13.3. The van der Waals surface area contributed by atoms with Crippen molar-refractivity contribution in [2.75, 3.05) is 5.32 Å². The molecule has 16 heavy (non-hydrogen) atoms. The van der Waals surface area contributed by atoms with E-state index in [1.165, 1.54) is 12.3 Å². The van der Waals surface area contributed by atoms with Crippen molar-refractivity contribution in [2.45, 2.75) is 6.54 Å². The molecular formula is C11H9ClFN3. The molecule has 0 aliphatic heterocycles. The molecule has 1 N–H and O–H groups in total. The Hall–Kier alpha value is -1.68. The van der Waals surface area contributed by atoms with Crippen LogP contribution in [0.3, 0.4) is 0 Å². The molecule has 0 saturated heterocycles. The third-order valence-electron chi connectivity index (χ3n) is 1.97. The minimum atomic E-state index is -0.469. The van der Waals surface area contributed by atoms with Gasteiger partial charge in [0.15, 0.2) is 11.6 Å². The van der Waals surface area contributed by atoms with E-state index in [2.05, 4.69) is 15.3 Å². The fourth-order valence-corrected chi connectivity index (χ4v) is 1.37. The van der Waals surface area contributed by atoms with Gasteiger partial charge in [-0.05, 0) is 18.2 Å². The average Bonchev–Trinajstić information content (AvgIpc) is 2.29. The number of nitrogens with one attached hydrogen (secondary N) is 1. The first-order chi connectivity index (χ1) is 7.75. The molecular weight excluding hydrogens is 229 g/mol. The van der Waals surface area contributed by atoms with Gasteiger partial charge in [-0.1, -0.05) is 17.7 Å². The van der Waals surface area contributed by atoms with Crippen molar-refractivity contribution in [1.29, 1.82) is 0 Å². The molecule has 0 radical (unpaired) electrons. The van der Waals surface area contributed by atoms with E-state index in [-0.39, 0.29) is 10.8 Å². The summed E-state index contributed by atoms with van der Waals surface area (Å²) in [6.45, 7) is 0.423. The highest BCUT2D eigenvalue weighted by Crippen LogP contribution is 2.15. The van der Waals surface area contributed by atoms with Gasteiger partial charge in [0, 0.05) is 12.4 Å². The lowest BCUT2D eigenvalue weighted by atomic mass is 10.3. The van der Waals surface area contributed by atoms with Gasteiger partial charge in [-0.2, -0.15) is 0 Å². The smallest absolute Gasteiger partial charge is 0.166 e. The fraction of sp³-hybridized carbons (Fsp3) is 0.0909. The molecule has 0 saturated carbocycles. The zero-order valence-electron chi connectivity index (χ0n) is 8.32. The van der Waals surface area contributed by atoms with Gasteiger partial charge in [0.2, 0.25) is 0 Å². The Kier molecular flexibility index (Phi) is 3.31. The lowest BCUT2D eigenvalue weighted by Gasteiger charge is -2.05. The molecule has 82 valence electrons. The molecule has 2 heterocycles. The maximum absolute atomic E-state index is 13.3. The van der Waals surface area contributed by atoms with Crippen molar-refractivity contribution in [1.82, 2.24) is 9.97 Å². The summed E-state index contributed by atoms with van der Waals surface area (Å²) in [5, 5.41) is 3.13. The molecule has 0 amide bonds. The van der Waals surface area contributed by atoms with Crippen LogP contribution in [0.5, 0.6) is 0 Å². The molecule has 5 heteroatoms. The molecule has 0 atom stereocenters. The van der Waals surface area contributed by atoms with Crippen LogP contribution in [0, 0.1) is 5.82 Å². The quantitative estimate of drug-likeness (QED) is 0.892. The molecule has 2 aromatic rings. The minimum Gasteiger partial charge on any atom is -0.362 e. The van der Waals surface area contributed by atoms with E-state index in [1.807, 2.05) is 18.2 Å². The van der Waals surface area contributed by atoms with Gasteiger partial charge < -0.3 is 5.32 Å². The largest absolute Gasteiger partial charge is 0.362 e. The predicted molar refractivity (Wildman–Crippen MR) is 60.8 cm³/mol. The lowest BCUT2D eigenvalue weighted by Crippen LogP contribution is -2.04. The molecule has 3 nitrogen and oxygen atoms in total. The predicted octanol–water partition coefficient (Wildman–Crippen LogP) is 2.88. The zero-order chi connectivity index (χ0) is 11.4. The molecule has 0 unspecified atom stereocenters. The van der Waals surface area contributed by atoms with Gasteiger partial charge >= 0.3 is 0 Å². The molecule has 0 bridgehead atoms. The van der Waals surface area contributed by atoms with Crippen LogP contribution in [-0.4, -0.2) is 9.97 Å². The lowest BCUT2D eigenvalue weighted by molar-refractivity contribution is 0.624. The normalized spacial score (nSPS) is 10.1. The number of rotatable bonds is 3. The van der Waals surface area contributed by atoms with Gasteiger partial charge in [0.1, 0.15) is 0 Å². The molecule has 2 aromatic heterocycles. The number of aromatic nitrogens is 2. The van der Waals surface area contributed by atoms with Crippen LogP contribution in [0.1, 0.15) is 5.69 Å². The Morgan fingerprint density at radius 1 is 1.31 bits per heavy atom. The van der Waals surface area contributed by atoms with Crippen LogP contribution in [0.2, 0.25) is 5.02 Å². The van der Waals surface area contributed by atoms with Crippen molar-refractivity contribution in [2.24, 2.45) is 0 Å². The van der Waals surface area contributed by atoms with Crippen molar-refractivity contribution >= 4 is 17.4 Å². The first-order valence-electron chi connectivity index (χ1n) is 4.70. The van der Waals surface area contributed by atoms with Crippen LogP contribution >= 0.6 is 11.6 Å². The molecule has 0 aromatic carbocycles. The van der Waals surface area contributed by atoms with Crippen molar-refractivity contribution < 1.29 is 4.39 Å². The number of hydrogen-bond acceptors (Lipinski definition) is 3. The summed E-state index contributed by atoms with van der Waals surface area (Å²) in [5.74, 6) is -0.293. The molecule has 2 rings (SSSR count). The van der Waals surface area contributed by atoms with Crippen LogP contribution in [0.25, 0.3) is 0 Å². The first kappa shape index (κ1) is 10.8. The summed E-state index contributed by atoms with van der Waals surface area (Å²) in [6.07, 6.45) is 3.08. The third-order valence-corrected chi connectivity index (χ3v) is 2.18. The van der Waals surface area contributed by atoms with Crippen molar-refractivity contribution in [3.8, 4) is 0 Å². The zero-order valence-corrected chi connectivity index (χ0v) is 9.08. The van der Waals surface area contributed by atoms with E-state index < -0.39 is 5.82 Å². The van der Waals surface area contributed by atoms with Gasteiger partial charge in [-0.3, -0.25) is 4.98 Å². The highest BCUT2D eigenvalue weighted by Gasteiger charge is 2.03. The number of halogens is 2. The Balaban J connectivity index is 2.05. The van der Waals surface area contributed by atoms with E-state index in [0.29, 0.717) is 6.54 Å². The van der Waals surface area contributed by atoms with Crippen LogP contribution < -0.4 is 5.32 Å². The number of anilines is 1. The topological polar surface area (TPSA) is 37.8 Å². The summed E-state index contributed by atoms with van der Waals surface area (Å²) in [7, 11) is 0. The van der Waals surface area contributed by atoms with E-state index in [4.69, 9.17) is 11.6 Å². The summed E-state index contributed by atoms with van der Waals surface area (Å²) in [4.78, 5) is 7.95. The van der Waals surface area contributed by atoms with Gasteiger partial charge in [0.05, 0.1) is 17.3 Å². The summed E-state index contributed by atoms with van der Waals surface area (Å²) < 4.78 is 13.3. The Morgan fingerprint density at radius 2 is 2.19 bits per heavy atom. The molecule has 0 aliphatic carbocycles. The van der Waals surface area contributed by atoms with Gasteiger partial charge in [-0.15, -0.1) is 0 Å². The fourth-order valence-electron chi connectivity index (χ4n) is 1.22. The van der Waals surface area contributed by atoms with Crippen LogP contribution in [0.15, 0.2) is 36.7 Å². The highest BCUT2D eigenvalue weighted by atomic mass is 35.5. The van der Waals surface area contributed by atoms with E-state index >= 15 is 0 Å². The second-order valence-corrected chi connectivity index (χ2v) is 3.60. The van der Waals surface area contributed by atoms with Crippen molar-refractivity contribution in [3.05, 3.63) is 53.2 Å². The number of hydrogen-bond donors (Lipinski definition) is 1.